The van der Waals surface area contributed by atoms with Crippen molar-refractivity contribution in [2.24, 2.45) is 0 Å². The summed E-state index contributed by atoms with van der Waals surface area (Å²) >= 11 is 0. The van der Waals surface area contributed by atoms with Crippen LogP contribution in [0.3, 0.4) is 0 Å². The molecule has 0 aromatic carbocycles. The van der Waals surface area contributed by atoms with E-state index in [-0.39, 0.29) is 5.91 Å². The minimum absolute atomic E-state index is 0.0449. The fourth-order valence-electron chi connectivity index (χ4n) is 3.38. The number of aryl methyl sites for hydroxylation is 2. The van der Waals surface area contributed by atoms with E-state index in [1.165, 1.54) is 12.0 Å². The largest absolute Gasteiger partial charge is 0.352 e. The van der Waals surface area contributed by atoms with Crippen molar-refractivity contribution in [3.8, 4) is 0 Å². The first-order valence-electron chi connectivity index (χ1n) is 8.77. The first kappa shape index (κ1) is 15.7. The number of hydrogen-bond acceptors (Lipinski definition) is 5. The molecule has 0 saturated carbocycles. The van der Waals surface area contributed by atoms with Gasteiger partial charge in [0.1, 0.15) is 0 Å². The van der Waals surface area contributed by atoms with Gasteiger partial charge in [0.05, 0.1) is 5.69 Å². The SMILES string of the molecule is O=C(/C=C/c1cccnc1)N1CCN(c2cc3c(nn2)CCC3)CC1. The molecular weight excluding hydrogens is 314 g/mol. The first-order chi connectivity index (χ1) is 12.3. The Morgan fingerprint density at radius 3 is 2.80 bits per heavy atom. The summed E-state index contributed by atoms with van der Waals surface area (Å²) in [4.78, 5) is 20.5. The summed E-state index contributed by atoms with van der Waals surface area (Å²) in [6.07, 6.45) is 10.2. The summed E-state index contributed by atoms with van der Waals surface area (Å²) in [6, 6.07) is 5.97. The van der Waals surface area contributed by atoms with E-state index in [1.807, 2.05) is 23.1 Å². The van der Waals surface area contributed by atoms with Crippen LogP contribution in [-0.2, 0) is 17.6 Å². The summed E-state index contributed by atoms with van der Waals surface area (Å²) < 4.78 is 0. The molecule has 1 amide bonds. The van der Waals surface area contributed by atoms with Gasteiger partial charge < -0.3 is 9.80 Å². The lowest BCUT2D eigenvalue weighted by Gasteiger charge is -2.34. The molecule has 128 valence electrons. The molecule has 0 bridgehead atoms. The lowest BCUT2D eigenvalue weighted by molar-refractivity contribution is -0.126. The number of aromatic nitrogens is 3. The van der Waals surface area contributed by atoms with E-state index in [2.05, 4.69) is 26.1 Å². The molecule has 6 nitrogen and oxygen atoms in total. The molecular formula is C19H21N5O. The highest BCUT2D eigenvalue weighted by atomic mass is 16.2. The Kier molecular flexibility index (Phi) is 4.41. The van der Waals surface area contributed by atoms with Crippen LogP contribution in [-0.4, -0.2) is 52.2 Å². The van der Waals surface area contributed by atoms with Gasteiger partial charge in [-0.15, -0.1) is 5.10 Å². The maximum atomic E-state index is 12.3. The predicted octanol–water partition coefficient (Wildman–Crippen LogP) is 1.72. The Morgan fingerprint density at radius 2 is 2.00 bits per heavy atom. The quantitative estimate of drug-likeness (QED) is 0.799. The standard InChI is InChI=1S/C19H21N5O/c25-19(7-6-15-3-2-8-20-14-15)24-11-9-23(10-12-24)18-13-16-4-1-5-17(16)21-22-18/h2-3,6-8,13-14H,1,4-5,9-12H2/b7-6+. The molecule has 1 saturated heterocycles. The molecule has 1 aliphatic carbocycles. The van der Waals surface area contributed by atoms with E-state index < -0.39 is 0 Å². The van der Waals surface area contributed by atoms with Gasteiger partial charge in [0.15, 0.2) is 5.82 Å². The summed E-state index contributed by atoms with van der Waals surface area (Å²) in [6.45, 7) is 2.99. The maximum Gasteiger partial charge on any atom is 0.246 e. The summed E-state index contributed by atoms with van der Waals surface area (Å²) in [7, 11) is 0. The fourth-order valence-corrected chi connectivity index (χ4v) is 3.38. The number of hydrogen-bond donors (Lipinski definition) is 0. The molecule has 0 atom stereocenters. The number of amides is 1. The van der Waals surface area contributed by atoms with Crippen LogP contribution < -0.4 is 4.90 Å². The summed E-state index contributed by atoms with van der Waals surface area (Å²) in [5.74, 6) is 0.988. The van der Waals surface area contributed by atoms with Crippen LogP contribution in [0.1, 0.15) is 23.2 Å². The summed E-state index contributed by atoms with van der Waals surface area (Å²) in [5, 5.41) is 8.73. The summed E-state index contributed by atoms with van der Waals surface area (Å²) in [5.41, 5.74) is 3.42. The Morgan fingerprint density at radius 1 is 1.12 bits per heavy atom. The van der Waals surface area contributed by atoms with Crippen LogP contribution in [0.25, 0.3) is 6.08 Å². The van der Waals surface area contributed by atoms with E-state index in [4.69, 9.17) is 0 Å². The van der Waals surface area contributed by atoms with Crippen molar-refractivity contribution in [2.75, 3.05) is 31.1 Å². The molecule has 2 aliphatic rings. The Bertz CT molecular complexity index is 782. The monoisotopic (exact) mass is 335 g/mol. The second-order valence-electron chi connectivity index (χ2n) is 6.46. The van der Waals surface area contributed by atoms with Crippen LogP contribution >= 0.6 is 0 Å². The van der Waals surface area contributed by atoms with Crippen LogP contribution in [0, 0.1) is 0 Å². The molecule has 1 fully saturated rings. The molecule has 1 aliphatic heterocycles. The van der Waals surface area contributed by atoms with Gasteiger partial charge in [-0.1, -0.05) is 6.07 Å². The molecule has 0 spiro atoms. The van der Waals surface area contributed by atoms with Crippen molar-refractivity contribution in [3.05, 3.63) is 53.5 Å². The highest BCUT2D eigenvalue weighted by Gasteiger charge is 2.22. The van der Waals surface area contributed by atoms with E-state index >= 15 is 0 Å². The zero-order chi connectivity index (χ0) is 17.1. The second-order valence-corrected chi connectivity index (χ2v) is 6.46. The van der Waals surface area contributed by atoms with Crippen molar-refractivity contribution in [1.29, 1.82) is 0 Å². The highest BCUT2D eigenvalue weighted by molar-refractivity contribution is 5.91. The van der Waals surface area contributed by atoms with E-state index in [0.29, 0.717) is 13.1 Å². The van der Waals surface area contributed by atoms with E-state index in [9.17, 15) is 4.79 Å². The van der Waals surface area contributed by atoms with Gasteiger partial charge >= 0.3 is 0 Å². The van der Waals surface area contributed by atoms with Crippen LogP contribution in [0.2, 0.25) is 0 Å². The topological polar surface area (TPSA) is 62.2 Å². The number of nitrogens with zero attached hydrogens (tertiary/aromatic N) is 5. The molecule has 0 N–H and O–H groups in total. The van der Waals surface area contributed by atoms with Crippen molar-refractivity contribution in [2.45, 2.75) is 19.3 Å². The molecule has 6 heteroatoms. The van der Waals surface area contributed by atoms with E-state index in [0.717, 1.165) is 43.0 Å². The third-order valence-electron chi connectivity index (χ3n) is 4.82. The average Bonchev–Trinajstić information content (AvgIpc) is 3.15. The number of pyridine rings is 1. The molecule has 2 aromatic heterocycles. The highest BCUT2D eigenvalue weighted by Crippen LogP contribution is 2.23. The number of rotatable bonds is 3. The molecule has 2 aromatic rings. The van der Waals surface area contributed by atoms with Crippen molar-refractivity contribution >= 4 is 17.8 Å². The number of carbonyl (C=O) groups is 1. The van der Waals surface area contributed by atoms with E-state index in [1.54, 1.807) is 18.5 Å². The number of fused-ring (bicyclic) bond motifs is 1. The third kappa shape index (κ3) is 3.52. The van der Waals surface area contributed by atoms with Gasteiger partial charge in [-0.05, 0) is 48.6 Å². The maximum absolute atomic E-state index is 12.3. The minimum Gasteiger partial charge on any atom is -0.352 e. The second kappa shape index (κ2) is 7.01. The van der Waals surface area contributed by atoms with Crippen molar-refractivity contribution in [3.63, 3.8) is 0 Å². The van der Waals surface area contributed by atoms with Gasteiger partial charge in [-0.3, -0.25) is 9.78 Å². The molecule has 4 rings (SSSR count). The Hall–Kier alpha value is -2.76. The van der Waals surface area contributed by atoms with Crippen LogP contribution in [0.5, 0.6) is 0 Å². The molecule has 0 unspecified atom stereocenters. The fraction of sp³-hybridized carbons (Fsp3) is 0.368. The Balaban J connectivity index is 1.35. The predicted molar refractivity (Wildman–Crippen MR) is 96.1 cm³/mol. The first-order valence-corrected chi connectivity index (χ1v) is 8.77. The normalized spacial score (nSPS) is 17.1. The lowest BCUT2D eigenvalue weighted by atomic mass is 10.2. The molecule has 25 heavy (non-hydrogen) atoms. The van der Waals surface area contributed by atoms with Gasteiger partial charge in [-0.2, -0.15) is 5.10 Å². The van der Waals surface area contributed by atoms with Crippen LogP contribution in [0.15, 0.2) is 36.7 Å². The lowest BCUT2D eigenvalue weighted by Crippen LogP contribution is -2.48. The number of anilines is 1. The third-order valence-corrected chi connectivity index (χ3v) is 4.82. The smallest absolute Gasteiger partial charge is 0.246 e. The zero-order valence-corrected chi connectivity index (χ0v) is 14.1. The zero-order valence-electron chi connectivity index (χ0n) is 14.1. The molecule has 3 heterocycles. The number of piperazine rings is 1. The van der Waals surface area contributed by atoms with Gasteiger partial charge in [-0.25, -0.2) is 0 Å². The van der Waals surface area contributed by atoms with Gasteiger partial charge in [0, 0.05) is 44.6 Å². The van der Waals surface area contributed by atoms with Crippen molar-refractivity contribution in [1.82, 2.24) is 20.1 Å². The van der Waals surface area contributed by atoms with Crippen molar-refractivity contribution < 1.29 is 4.79 Å². The Labute approximate surface area is 147 Å². The minimum atomic E-state index is 0.0449. The molecule has 0 radical (unpaired) electrons. The van der Waals surface area contributed by atoms with Gasteiger partial charge in [0.25, 0.3) is 0 Å². The van der Waals surface area contributed by atoms with Gasteiger partial charge in [0.2, 0.25) is 5.91 Å². The number of carbonyl (C=O) groups excluding carboxylic acids is 1. The van der Waals surface area contributed by atoms with Crippen LogP contribution in [0.4, 0.5) is 5.82 Å². The average molecular weight is 335 g/mol.